The maximum absolute atomic E-state index is 13.7. The summed E-state index contributed by atoms with van der Waals surface area (Å²) < 4.78 is 1.70. The lowest BCUT2D eigenvalue weighted by atomic mass is 9.74. The number of carboxylic acids is 1. The van der Waals surface area contributed by atoms with Gasteiger partial charge in [-0.15, -0.1) is 0 Å². The Kier molecular flexibility index (Phi) is 5.35. The van der Waals surface area contributed by atoms with Gasteiger partial charge in [0.15, 0.2) is 5.69 Å². The van der Waals surface area contributed by atoms with E-state index < -0.39 is 11.4 Å². The molecular formula is C23H22ClN3O3. The molecular weight excluding hydrogens is 402 g/mol. The summed E-state index contributed by atoms with van der Waals surface area (Å²) in [5.41, 5.74) is 2.37. The summed E-state index contributed by atoms with van der Waals surface area (Å²) in [5.74, 6) is -0.996. The largest absolute Gasteiger partial charge is 0.476 e. The van der Waals surface area contributed by atoms with E-state index in [0.717, 1.165) is 16.8 Å². The molecule has 1 aliphatic heterocycles. The second-order valence-electron chi connectivity index (χ2n) is 7.51. The van der Waals surface area contributed by atoms with Crippen LogP contribution in [0.5, 0.6) is 0 Å². The van der Waals surface area contributed by atoms with Gasteiger partial charge in [-0.2, -0.15) is 0 Å². The average Bonchev–Trinajstić information content (AvgIpc) is 3.31. The summed E-state index contributed by atoms with van der Waals surface area (Å²) in [6.07, 6.45) is 4.24. The van der Waals surface area contributed by atoms with Crippen LogP contribution in [0.25, 0.3) is 0 Å². The standard InChI is InChI=1S/C23H22ClN3O3/c1-2-23(13-16-7-9-17(24)10-8-16)18-5-3-4-6-20(18)27(22(23)30)12-11-26-14-19(21(28)29)25-15-26/h3-10,14-15H,2,11-13H2,1H3,(H,28,29). The minimum absolute atomic E-state index is 0.00575. The fraction of sp³-hybridized carbons (Fsp3) is 0.261. The third-order valence-corrected chi connectivity index (χ3v) is 6.07. The highest BCUT2D eigenvalue weighted by Crippen LogP contribution is 2.46. The predicted octanol–water partition coefficient (Wildman–Crippen LogP) is 4.17. The van der Waals surface area contributed by atoms with Gasteiger partial charge in [0, 0.05) is 30.0 Å². The number of amides is 1. The number of nitrogens with zero attached hydrogens (tertiary/aromatic N) is 3. The van der Waals surface area contributed by atoms with Crippen LogP contribution in [-0.4, -0.2) is 33.1 Å². The molecule has 3 aromatic rings. The van der Waals surface area contributed by atoms with Crippen LogP contribution in [0.2, 0.25) is 5.02 Å². The number of aromatic carboxylic acids is 1. The normalized spacial score (nSPS) is 17.9. The zero-order chi connectivity index (χ0) is 21.3. The minimum Gasteiger partial charge on any atom is -0.476 e. The molecule has 1 aromatic heterocycles. The van der Waals surface area contributed by atoms with E-state index in [1.54, 1.807) is 4.57 Å². The number of carboxylic acid groups (broad SMARTS) is 1. The van der Waals surface area contributed by atoms with Crippen LogP contribution in [-0.2, 0) is 23.2 Å². The first-order chi connectivity index (χ1) is 14.4. The Labute approximate surface area is 179 Å². The summed E-state index contributed by atoms with van der Waals surface area (Å²) in [5, 5.41) is 9.73. The van der Waals surface area contributed by atoms with Crippen LogP contribution in [0.15, 0.2) is 61.1 Å². The van der Waals surface area contributed by atoms with Crippen molar-refractivity contribution in [3.05, 3.63) is 82.9 Å². The Balaban J connectivity index is 1.63. The lowest BCUT2D eigenvalue weighted by molar-refractivity contribution is -0.123. The number of carbonyl (C=O) groups excluding carboxylic acids is 1. The van der Waals surface area contributed by atoms with Crippen molar-refractivity contribution in [1.29, 1.82) is 0 Å². The molecule has 1 N–H and O–H groups in total. The number of hydrogen-bond donors (Lipinski definition) is 1. The average molecular weight is 424 g/mol. The highest BCUT2D eigenvalue weighted by molar-refractivity contribution is 6.30. The van der Waals surface area contributed by atoms with Gasteiger partial charge in [-0.1, -0.05) is 48.9 Å². The molecule has 4 rings (SSSR count). The predicted molar refractivity (Wildman–Crippen MR) is 115 cm³/mol. The van der Waals surface area contributed by atoms with Gasteiger partial charge >= 0.3 is 5.97 Å². The molecule has 0 saturated heterocycles. The lowest BCUT2D eigenvalue weighted by Crippen LogP contribution is -2.42. The van der Waals surface area contributed by atoms with Gasteiger partial charge in [-0.25, -0.2) is 9.78 Å². The number of fused-ring (bicyclic) bond motifs is 1. The van der Waals surface area contributed by atoms with Gasteiger partial charge in [-0.3, -0.25) is 4.79 Å². The van der Waals surface area contributed by atoms with E-state index in [1.807, 2.05) is 60.4 Å². The fourth-order valence-corrected chi connectivity index (χ4v) is 4.34. The topological polar surface area (TPSA) is 75.4 Å². The van der Waals surface area contributed by atoms with Crippen molar-refractivity contribution in [1.82, 2.24) is 9.55 Å². The maximum Gasteiger partial charge on any atom is 0.356 e. The Morgan fingerprint density at radius 2 is 1.87 bits per heavy atom. The van der Waals surface area contributed by atoms with E-state index in [0.29, 0.717) is 31.0 Å². The van der Waals surface area contributed by atoms with Crippen molar-refractivity contribution in [3.63, 3.8) is 0 Å². The van der Waals surface area contributed by atoms with Crippen LogP contribution in [0.1, 0.15) is 35.0 Å². The molecule has 1 aliphatic rings. The van der Waals surface area contributed by atoms with E-state index in [4.69, 9.17) is 16.7 Å². The number of imidazole rings is 1. The number of anilines is 1. The summed E-state index contributed by atoms with van der Waals surface area (Å²) >= 11 is 6.03. The second-order valence-corrected chi connectivity index (χ2v) is 7.95. The summed E-state index contributed by atoms with van der Waals surface area (Å²) in [6, 6.07) is 15.6. The zero-order valence-electron chi connectivity index (χ0n) is 16.6. The van der Waals surface area contributed by atoms with E-state index in [1.165, 1.54) is 12.5 Å². The number of para-hydroxylation sites is 1. The van der Waals surface area contributed by atoms with Crippen molar-refractivity contribution in [3.8, 4) is 0 Å². The van der Waals surface area contributed by atoms with Crippen LogP contribution in [0.4, 0.5) is 5.69 Å². The molecule has 0 saturated carbocycles. The highest BCUT2D eigenvalue weighted by atomic mass is 35.5. The van der Waals surface area contributed by atoms with Gasteiger partial charge in [-0.05, 0) is 42.2 Å². The van der Waals surface area contributed by atoms with Crippen molar-refractivity contribution >= 4 is 29.2 Å². The fourth-order valence-electron chi connectivity index (χ4n) is 4.22. The summed E-state index contributed by atoms with van der Waals surface area (Å²) in [4.78, 5) is 30.5. The Morgan fingerprint density at radius 3 is 2.53 bits per heavy atom. The van der Waals surface area contributed by atoms with E-state index in [9.17, 15) is 9.59 Å². The molecule has 1 amide bonds. The number of halogens is 1. The van der Waals surface area contributed by atoms with E-state index in [-0.39, 0.29) is 11.6 Å². The minimum atomic E-state index is -1.07. The molecule has 1 unspecified atom stereocenters. The number of aromatic nitrogens is 2. The molecule has 2 heterocycles. The second kappa shape index (κ2) is 7.95. The molecule has 0 radical (unpaired) electrons. The molecule has 6 nitrogen and oxygen atoms in total. The lowest BCUT2D eigenvalue weighted by Gasteiger charge is -2.28. The SMILES string of the molecule is CCC1(Cc2ccc(Cl)cc2)C(=O)N(CCn2cnc(C(=O)O)c2)c2ccccc21. The van der Waals surface area contributed by atoms with Gasteiger partial charge in [0.1, 0.15) is 0 Å². The van der Waals surface area contributed by atoms with Crippen LogP contribution in [0.3, 0.4) is 0 Å². The Bertz CT molecular complexity index is 1090. The first-order valence-corrected chi connectivity index (χ1v) is 10.2. The smallest absolute Gasteiger partial charge is 0.356 e. The number of carbonyl (C=O) groups is 2. The zero-order valence-corrected chi connectivity index (χ0v) is 17.3. The van der Waals surface area contributed by atoms with Crippen molar-refractivity contribution in [2.45, 2.75) is 31.7 Å². The molecule has 0 bridgehead atoms. The van der Waals surface area contributed by atoms with E-state index in [2.05, 4.69) is 4.98 Å². The quantitative estimate of drug-likeness (QED) is 0.618. The third kappa shape index (κ3) is 3.48. The first kappa shape index (κ1) is 20.2. The third-order valence-electron chi connectivity index (χ3n) is 5.82. The van der Waals surface area contributed by atoms with Gasteiger partial charge in [0.05, 0.1) is 11.7 Å². The number of benzene rings is 2. The van der Waals surface area contributed by atoms with Gasteiger partial charge in [0.25, 0.3) is 0 Å². The van der Waals surface area contributed by atoms with Gasteiger partial charge < -0.3 is 14.6 Å². The number of hydrogen-bond acceptors (Lipinski definition) is 3. The first-order valence-electron chi connectivity index (χ1n) is 9.85. The van der Waals surface area contributed by atoms with Crippen molar-refractivity contribution in [2.75, 3.05) is 11.4 Å². The molecule has 0 aliphatic carbocycles. The molecule has 0 fully saturated rings. The summed E-state index contributed by atoms with van der Waals surface area (Å²) in [7, 11) is 0. The van der Waals surface area contributed by atoms with Crippen LogP contribution in [0, 0.1) is 0 Å². The van der Waals surface area contributed by atoms with Crippen LogP contribution >= 0.6 is 11.6 Å². The van der Waals surface area contributed by atoms with Crippen molar-refractivity contribution < 1.29 is 14.7 Å². The van der Waals surface area contributed by atoms with Crippen LogP contribution < -0.4 is 4.90 Å². The van der Waals surface area contributed by atoms with E-state index >= 15 is 0 Å². The maximum atomic E-state index is 13.7. The Morgan fingerprint density at radius 1 is 1.13 bits per heavy atom. The highest BCUT2D eigenvalue weighted by Gasteiger charge is 2.49. The van der Waals surface area contributed by atoms with Gasteiger partial charge in [0.2, 0.25) is 5.91 Å². The molecule has 7 heteroatoms. The molecule has 1 atom stereocenters. The monoisotopic (exact) mass is 423 g/mol. The molecule has 154 valence electrons. The Hall–Kier alpha value is -3.12. The summed E-state index contributed by atoms with van der Waals surface area (Å²) in [6.45, 7) is 2.94. The van der Waals surface area contributed by atoms with Crippen molar-refractivity contribution in [2.24, 2.45) is 0 Å². The number of rotatable bonds is 7. The molecule has 30 heavy (non-hydrogen) atoms. The molecule has 0 spiro atoms. The molecule has 2 aromatic carbocycles.